The number of rotatable bonds is 0. The molecule has 0 radical (unpaired) electrons. The van der Waals surface area contributed by atoms with E-state index in [1.807, 2.05) is 0 Å². The van der Waals surface area contributed by atoms with Crippen molar-refractivity contribution < 1.29 is 7.00 Å². The Bertz CT molecular complexity index is 23.1. The molecule has 5 heavy (non-hydrogen) atoms. The van der Waals surface area contributed by atoms with E-state index < -0.39 is 7.58 Å². The van der Waals surface area contributed by atoms with E-state index in [1.165, 1.54) is 40.4 Å². The Morgan fingerprint density at radius 3 is 1.20 bits per heavy atom. The van der Waals surface area contributed by atoms with E-state index in [-0.39, 0.29) is 0 Å². The van der Waals surface area contributed by atoms with Crippen molar-refractivity contribution in [3.05, 3.63) is 0 Å². The van der Waals surface area contributed by atoms with Crippen LogP contribution in [-0.2, 0) is 0 Å². The third kappa shape index (κ3) is 25.2. The van der Waals surface area contributed by atoms with E-state index in [4.69, 9.17) is 0 Å². The molecule has 0 aromatic heterocycles. The molecule has 0 aliphatic heterocycles. The first-order valence-electron chi connectivity index (χ1n) is 0.756. The second kappa shape index (κ2) is 2.24. The van der Waals surface area contributed by atoms with Crippen molar-refractivity contribution in [2.75, 3.05) is 0 Å². The quantitative estimate of drug-likeness (QED) is 0.457. The summed E-state index contributed by atoms with van der Waals surface area (Å²) in [7, 11) is -4.06. The average Bonchev–Trinajstić information content (AvgIpc) is 0.722. The second-order valence-electron chi connectivity index (χ2n) is 0.429. The molecular weight excluding hydrogens is 364 g/mol. The molecule has 0 aromatic rings. The molecule has 0 N–H and O–H groups in total. The standard InChI is InChI=1S/F2GeI2/c1-3(2,4)5. The molecule has 0 nitrogen and oxygen atoms in total. The molecule has 0 unspecified atom stereocenters. The maximum atomic E-state index is 11.2. The van der Waals surface area contributed by atoms with Crippen molar-refractivity contribution in [3.63, 3.8) is 0 Å². The zero-order valence-electron chi connectivity index (χ0n) is 2.01. The van der Waals surface area contributed by atoms with Crippen LogP contribution in [0.15, 0.2) is 0 Å². The molecule has 0 saturated carbocycles. The van der Waals surface area contributed by atoms with Gasteiger partial charge in [-0.25, -0.2) is 0 Å². The molecule has 0 fully saturated rings. The van der Waals surface area contributed by atoms with E-state index in [0.717, 1.165) is 0 Å². The number of halogens is 4. The fourth-order valence-corrected chi connectivity index (χ4v) is 0. The van der Waals surface area contributed by atoms with Gasteiger partial charge in [0.15, 0.2) is 0 Å². The van der Waals surface area contributed by atoms with Crippen LogP contribution >= 0.6 is 40.4 Å². The van der Waals surface area contributed by atoms with Crippen LogP contribution in [-0.4, -0.2) is 7.58 Å². The predicted octanol–water partition coefficient (Wildman–Crippen LogP) is 2.23. The fraction of sp³-hybridized carbons (Fsp3) is 0. The van der Waals surface area contributed by atoms with Crippen LogP contribution in [0.25, 0.3) is 0 Å². The van der Waals surface area contributed by atoms with E-state index in [1.54, 1.807) is 0 Å². The first-order chi connectivity index (χ1) is 2.00. The zero-order chi connectivity index (χ0) is 4.50. The van der Waals surface area contributed by atoms with E-state index in [2.05, 4.69) is 0 Å². The Kier molecular flexibility index (Phi) is 3.08. The molecule has 0 amide bonds. The Morgan fingerprint density at radius 1 is 1.20 bits per heavy atom. The molecule has 0 aliphatic rings. The van der Waals surface area contributed by atoms with Gasteiger partial charge >= 0.3 is 55.0 Å². The van der Waals surface area contributed by atoms with E-state index in [0.29, 0.717) is 0 Å². The van der Waals surface area contributed by atoms with Gasteiger partial charge in [0.25, 0.3) is 0 Å². The summed E-state index contributed by atoms with van der Waals surface area (Å²) in [5.41, 5.74) is 0. The molecule has 0 aliphatic carbocycles. The van der Waals surface area contributed by atoms with Crippen LogP contribution in [0.3, 0.4) is 0 Å². The van der Waals surface area contributed by atoms with Crippen LogP contribution in [0.5, 0.6) is 0 Å². The molecule has 0 heterocycles. The summed E-state index contributed by atoms with van der Waals surface area (Å²) in [6, 6.07) is 0. The normalized spacial score (nSPS) is 12.0. The summed E-state index contributed by atoms with van der Waals surface area (Å²) in [4.78, 5) is 0. The Labute approximate surface area is 54.3 Å². The van der Waals surface area contributed by atoms with Gasteiger partial charge in [-0.2, -0.15) is 0 Å². The van der Waals surface area contributed by atoms with Gasteiger partial charge in [-0.05, 0) is 0 Å². The first-order valence-corrected chi connectivity index (χ1v) is 15.1. The summed E-state index contributed by atoms with van der Waals surface area (Å²) in [6.45, 7) is 0. The summed E-state index contributed by atoms with van der Waals surface area (Å²) in [5, 5.41) is 0. The molecular formula is F2GeI2. The summed E-state index contributed by atoms with van der Waals surface area (Å²) >= 11 is 2.44. The second-order valence-corrected chi connectivity index (χ2v) is 27.0. The van der Waals surface area contributed by atoms with Gasteiger partial charge in [0.05, 0.1) is 0 Å². The monoisotopic (exact) mass is 366 g/mol. The van der Waals surface area contributed by atoms with Gasteiger partial charge in [-0.1, -0.05) is 0 Å². The van der Waals surface area contributed by atoms with Gasteiger partial charge < -0.3 is 0 Å². The molecule has 0 rings (SSSR count). The summed E-state index contributed by atoms with van der Waals surface area (Å²) in [5.74, 6) is 0. The van der Waals surface area contributed by atoms with Crippen molar-refractivity contribution in [1.29, 1.82) is 0 Å². The third-order valence-electron chi connectivity index (χ3n) is 0. The summed E-state index contributed by atoms with van der Waals surface area (Å²) < 4.78 is 22.4. The van der Waals surface area contributed by atoms with Crippen LogP contribution in [0.2, 0.25) is 0 Å². The third-order valence-corrected chi connectivity index (χ3v) is 0. The average molecular weight is 364 g/mol. The van der Waals surface area contributed by atoms with Gasteiger partial charge in [0.2, 0.25) is 0 Å². The Balaban J connectivity index is 3.02. The van der Waals surface area contributed by atoms with Crippen molar-refractivity contribution in [3.8, 4) is 0 Å². The molecule has 0 aromatic carbocycles. The topological polar surface area (TPSA) is 0 Å². The molecule has 0 bridgehead atoms. The zero-order valence-corrected chi connectivity index (χ0v) is 8.42. The minimum absolute atomic E-state index is 1.22. The van der Waals surface area contributed by atoms with Gasteiger partial charge in [0.1, 0.15) is 0 Å². The SMILES string of the molecule is [F][Ge]([F])([I])[I]. The number of hydrogen-bond acceptors (Lipinski definition) is 0. The number of hydrogen-bond donors (Lipinski definition) is 0. The Morgan fingerprint density at radius 2 is 1.20 bits per heavy atom. The Hall–Kier alpha value is 1.86. The molecule has 5 heteroatoms. The first kappa shape index (κ1) is 6.86. The van der Waals surface area contributed by atoms with Crippen molar-refractivity contribution in [1.82, 2.24) is 0 Å². The predicted molar refractivity (Wildman–Crippen MR) is 36.0 cm³/mol. The molecule has 0 atom stereocenters. The minimum atomic E-state index is -4.06. The summed E-state index contributed by atoms with van der Waals surface area (Å²) in [6.07, 6.45) is 0. The van der Waals surface area contributed by atoms with Crippen LogP contribution in [0.4, 0.5) is 7.00 Å². The van der Waals surface area contributed by atoms with Crippen molar-refractivity contribution in [2.45, 2.75) is 0 Å². The van der Waals surface area contributed by atoms with Crippen LogP contribution in [0, 0.1) is 0 Å². The van der Waals surface area contributed by atoms with Crippen LogP contribution < -0.4 is 0 Å². The maximum absolute atomic E-state index is 11.2. The van der Waals surface area contributed by atoms with E-state index >= 15 is 0 Å². The van der Waals surface area contributed by atoms with Crippen molar-refractivity contribution in [2.24, 2.45) is 0 Å². The van der Waals surface area contributed by atoms with Crippen molar-refractivity contribution >= 4 is 48.0 Å². The molecule has 0 spiro atoms. The van der Waals surface area contributed by atoms with Gasteiger partial charge in [-0.15, -0.1) is 0 Å². The molecule has 32 valence electrons. The van der Waals surface area contributed by atoms with E-state index in [9.17, 15) is 7.00 Å². The van der Waals surface area contributed by atoms with Crippen LogP contribution in [0.1, 0.15) is 0 Å². The molecule has 0 saturated heterocycles. The fourth-order valence-electron chi connectivity index (χ4n) is 0. The van der Waals surface area contributed by atoms with Gasteiger partial charge in [0, 0.05) is 0 Å². The van der Waals surface area contributed by atoms with Gasteiger partial charge in [-0.3, -0.25) is 0 Å².